The van der Waals surface area contributed by atoms with Gasteiger partial charge in [-0.2, -0.15) is 0 Å². The summed E-state index contributed by atoms with van der Waals surface area (Å²) in [5.74, 6) is -0.827. The summed E-state index contributed by atoms with van der Waals surface area (Å²) in [5, 5.41) is 2.76. The van der Waals surface area contributed by atoms with Gasteiger partial charge in [0, 0.05) is 23.6 Å². The molecule has 2 aromatic carbocycles. The van der Waals surface area contributed by atoms with Crippen LogP contribution in [-0.4, -0.2) is 19.3 Å². The van der Waals surface area contributed by atoms with E-state index in [1.807, 2.05) is 24.3 Å². The van der Waals surface area contributed by atoms with Crippen LogP contribution in [0.3, 0.4) is 0 Å². The molecule has 4 aromatic rings. The van der Waals surface area contributed by atoms with E-state index in [1.54, 1.807) is 42.7 Å². The number of anilines is 1. The number of carbonyl (C=O) groups is 1. The fraction of sp³-hybridized carbons (Fsp3) is 0.0833. The van der Waals surface area contributed by atoms with Crippen LogP contribution in [0.5, 0.6) is 0 Å². The number of benzene rings is 2. The minimum absolute atomic E-state index is 0.0135. The highest BCUT2D eigenvalue weighted by Crippen LogP contribution is 2.21. The number of amides is 1. The minimum Gasteiger partial charge on any atom is -0.459 e. The van der Waals surface area contributed by atoms with Gasteiger partial charge in [0.25, 0.3) is 5.91 Å². The number of hydrogen-bond donors (Lipinski definition) is 1. The maximum Gasteiger partial charge on any atom is 0.291 e. The minimum atomic E-state index is -3.59. The lowest BCUT2D eigenvalue weighted by molar-refractivity contribution is 0.0996. The molecule has 0 aliphatic heterocycles. The van der Waals surface area contributed by atoms with Crippen LogP contribution in [0.4, 0.5) is 5.69 Å². The maximum atomic E-state index is 12.7. The normalized spacial score (nSPS) is 11.2. The molecule has 2 heterocycles. The van der Waals surface area contributed by atoms with Crippen molar-refractivity contribution in [3.8, 4) is 0 Å². The van der Waals surface area contributed by atoms with Gasteiger partial charge in [0.15, 0.2) is 15.6 Å². The van der Waals surface area contributed by atoms with E-state index < -0.39 is 15.7 Å². The molecule has 0 saturated heterocycles. The van der Waals surface area contributed by atoms with Crippen molar-refractivity contribution in [2.45, 2.75) is 17.1 Å². The fourth-order valence-corrected chi connectivity index (χ4v) is 4.57. The van der Waals surface area contributed by atoms with Crippen LogP contribution in [0.25, 0.3) is 0 Å². The summed E-state index contributed by atoms with van der Waals surface area (Å²) in [6.45, 7) is 0. The standard InChI is InChI=1S/C24H20N2O4S/c27-24(26-21-8-6-18(7-9-21)16-19-10-13-25-14-11-19)23-20(12-15-30-23)17-31(28,29)22-4-2-1-3-5-22/h1-15H,16-17H2,(H,26,27). The first-order valence-electron chi connectivity index (χ1n) is 9.65. The van der Waals surface area contributed by atoms with Crippen molar-refractivity contribution in [2.24, 2.45) is 0 Å². The monoisotopic (exact) mass is 432 g/mol. The molecule has 31 heavy (non-hydrogen) atoms. The van der Waals surface area contributed by atoms with Crippen LogP contribution < -0.4 is 5.32 Å². The highest BCUT2D eigenvalue weighted by Gasteiger charge is 2.22. The van der Waals surface area contributed by atoms with E-state index in [0.29, 0.717) is 11.3 Å². The average molecular weight is 433 g/mol. The Morgan fingerprint density at radius 2 is 1.55 bits per heavy atom. The van der Waals surface area contributed by atoms with Crippen molar-refractivity contribution in [1.82, 2.24) is 4.98 Å². The molecule has 0 atom stereocenters. The summed E-state index contributed by atoms with van der Waals surface area (Å²) in [7, 11) is -3.59. The molecule has 0 bridgehead atoms. The summed E-state index contributed by atoms with van der Waals surface area (Å²) in [6, 6.07) is 21.0. The number of nitrogens with zero attached hydrogens (tertiary/aromatic N) is 1. The molecule has 7 heteroatoms. The van der Waals surface area contributed by atoms with Crippen LogP contribution in [-0.2, 0) is 22.0 Å². The first-order valence-corrected chi connectivity index (χ1v) is 11.3. The first-order chi connectivity index (χ1) is 15.0. The number of furan rings is 1. The number of carbonyl (C=O) groups excluding carboxylic acids is 1. The number of rotatable bonds is 7. The second kappa shape index (κ2) is 8.97. The van der Waals surface area contributed by atoms with Crippen LogP contribution in [0, 0.1) is 0 Å². The summed E-state index contributed by atoms with van der Waals surface area (Å²) in [4.78, 5) is 16.9. The van der Waals surface area contributed by atoms with Crippen LogP contribution in [0.1, 0.15) is 27.2 Å². The van der Waals surface area contributed by atoms with Crippen molar-refractivity contribution in [1.29, 1.82) is 0 Å². The van der Waals surface area contributed by atoms with Crippen molar-refractivity contribution in [2.75, 3.05) is 5.32 Å². The van der Waals surface area contributed by atoms with E-state index in [2.05, 4.69) is 10.3 Å². The quantitative estimate of drug-likeness (QED) is 0.465. The van der Waals surface area contributed by atoms with E-state index in [4.69, 9.17) is 4.42 Å². The van der Waals surface area contributed by atoms with E-state index in [9.17, 15) is 13.2 Å². The molecule has 0 aliphatic carbocycles. The third kappa shape index (κ3) is 5.07. The topological polar surface area (TPSA) is 89.3 Å². The zero-order valence-corrected chi connectivity index (χ0v) is 17.4. The number of pyridine rings is 1. The molecule has 0 fully saturated rings. The summed E-state index contributed by atoms with van der Waals surface area (Å²) < 4.78 is 30.6. The fourth-order valence-electron chi connectivity index (χ4n) is 3.19. The third-order valence-electron chi connectivity index (χ3n) is 4.77. The van der Waals surface area contributed by atoms with E-state index >= 15 is 0 Å². The van der Waals surface area contributed by atoms with Gasteiger partial charge in [0.1, 0.15) is 0 Å². The second-order valence-corrected chi connectivity index (χ2v) is 9.02. The average Bonchev–Trinajstić information content (AvgIpc) is 3.24. The van der Waals surface area contributed by atoms with E-state index in [1.165, 1.54) is 24.5 Å². The SMILES string of the molecule is O=C(Nc1ccc(Cc2ccncc2)cc1)c1occc1CS(=O)(=O)c1ccccc1. The second-order valence-electron chi connectivity index (χ2n) is 7.03. The Balaban J connectivity index is 1.45. The van der Waals surface area contributed by atoms with Gasteiger partial charge < -0.3 is 9.73 Å². The lowest BCUT2D eigenvalue weighted by Gasteiger charge is -2.08. The molecule has 0 aliphatic rings. The van der Waals surface area contributed by atoms with Gasteiger partial charge in [0.05, 0.1) is 16.9 Å². The van der Waals surface area contributed by atoms with Crippen molar-refractivity contribution in [3.63, 3.8) is 0 Å². The van der Waals surface area contributed by atoms with Crippen molar-refractivity contribution in [3.05, 3.63) is 114 Å². The van der Waals surface area contributed by atoms with Gasteiger partial charge in [0.2, 0.25) is 0 Å². The molecule has 2 aromatic heterocycles. The van der Waals surface area contributed by atoms with Gasteiger partial charge >= 0.3 is 0 Å². The zero-order valence-electron chi connectivity index (χ0n) is 16.6. The lowest BCUT2D eigenvalue weighted by Crippen LogP contribution is -2.14. The molecule has 0 saturated carbocycles. The van der Waals surface area contributed by atoms with Crippen LogP contribution >= 0.6 is 0 Å². The lowest BCUT2D eigenvalue weighted by atomic mass is 10.1. The molecule has 6 nitrogen and oxygen atoms in total. The van der Waals surface area contributed by atoms with Crippen LogP contribution in [0.2, 0.25) is 0 Å². The van der Waals surface area contributed by atoms with Gasteiger partial charge in [-0.25, -0.2) is 8.42 Å². The third-order valence-corrected chi connectivity index (χ3v) is 6.45. The summed E-state index contributed by atoms with van der Waals surface area (Å²) in [6.07, 6.45) is 5.59. The summed E-state index contributed by atoms with van der Waals surface area (Å²) >= 11 is 0. The van der Waals surface area contributed by atoms with Crippen molar-refractivity contribution < 1.29 is 17.6 Å². The molecule has 1 N–H and O–H groups in total. The highest BCUT2D eigenvalue weighted by atomic mass is 32.2. The number of nitrogens with one attached hydrogen (secondary N) is 1. The van der Waals surface area contributed by atoms with Gasteiger partial charge in [-0.1, -0.05) is 30.3 Å². The molecule has 156 valence electrons. The summed E-state index contributed by atoms with van der Waals surface area (Å²) in [5.41, 5.74) is 3.15. The Morgan fingerprint density at radius 3 is 2.26 bits per heavy atom. The maximum absolute atomic E-state index is 12.7. The number of hydrogen-bond acceptors (Lipinski definition) is 5. The van der Waals surface area contributed by atoms with Gasteiger partial charge in [-0.15, -0.1) is 0 Å². The molecular formula is C24H20N2O4S. The van der Waals surface area contributed by atoms with Crippen molar-refractivity contribution >= 4 is 21.4 Å². The molecule has 1 amide bonds. The predicted molar refractivity (Wildman–Crippen MR) is 117 cm³/mol. The Bertz CT molecular complexity index is 1270. The Hall–Kier alpha value is -3.71. The Kier molecular flexibility index (Phi) is 5.95. The highest BCUT2D eigenvalue weighted by molar-refractivity contribution is 7.90. The zero-order chi connectivity index (χ0) is 21.7. The smallest absolute Gasteiger partial charge is 0.291 e. The van der Waals surface area contributed by atoms with Gasteiger partial charge in [-0.3, -0.25) is 9.78 Å². The molecule has 4 rings (SSSR count). The first kappa shape index (κ1) is 20.6. The number of sulfone groups is 1. The number of aromatic nitrogens is 1. The predicted octanol–water partition coefficient (Wildman–Crippen LogP) is 4.49. The van der Waals surface area contributed by atoms with E-state index in [-0.39, 0.29) is 16.4 Å². The molecule has 0 unspecified atom stereocenters. The molecule has 0 radical (unpaired) electrons. The van der Waals surface area contributed by atoms with E-state index in [0.717, 1.165) is 17.5 Å². The molecular weight excluding hydrogens is 412 g/mol. The van der Waals surface area contributed by atoms with Gasteiger partial charge in [-0.05, 0) is 60.0 Å². The van der Waals surface area contributed by atoms with Crippen LogP contribution in [0.15, 0.2) is 101 Å². The Morgan fingerprint density at radius 1 is 0.871 bits per heavy atom. The Labute approximate surface area is 180 Å². The largest absolute Gasteiger partial charge is 0.459 e. The molecule has 0 spiro atoms.